The second-order valence-electron chi connectivity index (χ2n) is 12.0. The summed E-state index contributed by atoms with van der Waals surface area (Å²) in [5.41, 5.74) is 4.17. The van der Waals surface area contributed by atoms with Crippen molar-refractivity contribution >= 4 is 11.2 Å². The molecule has 0 aliphatic carbocycles. The maximum atomic E-state index is 5.76. The molecule has 0 bridgehead atoms. The topological polar surface area (TPSA) is 69.0 Å². The fourth-order valence-corrected chi connectivity index (χ4v) is 5.77. The van der Waals surface area contributed by atoms with Crippen LogP contribution in [0.15, 0.2) is 30.9 Å². The molecule has 7 nitrogen and oxygen atoms in total. The van der Waals surface area contributed by atoms with Gasteiger partial charge in [-0.05, 0) is 89.8 Å². The fourth-order valence-electron chi connectivity index (χ4n) is 5.77. The lowest BCUT2D eigenvalue weighted by molar-refractivity contribution is 0.00283. The van der Waals surface area contributed by atoms with Gasteiger partial charge in [-0.3, -0.25) is 9.88 Å². The molecule has 1 aliphatic rings. The molecule has 4 rings (SSSR count). The quantitative estimate of drug-likeness (QED) is 0.374. The smallest absolute Gasteiger partial charge is 0.180 e. The minimum Gasteiger partial charge on any atom is -0.379 e. The van der Waals surface area contributed by atoms with E-state index in [4.69, 9.17) is 9.72 Å². The number of imidazole rings is 1. The summed E-state index contributed by atoms with van der Waals surface area (Å²) >= 11 is 0. The van der Waals surface area contributed by atoms with Crippen LogP contribution in [0.1, 0.15) is 77.4 Å². The first-order valence-corrected chi connectivity index (χ1v) is 13.3. The zero-order chi connectivity index (χ0) is 26.1. The van der Waals surface area contributed by atoms with Crippen molar-refractivity contribution in [1.29, 1.82) is 0 Å². The maximum Gasteiger partial charge on any atom is 0.180 e. The van der Waals surface area contributed by atoms with Gasteiger partial charge in [0.25, 0.3) is 0 Å². The van der Waals surface area contributed by atoms with Crippen LogP contribution in [0, 0.1) is 18.3 Å². The predicted molar refractivity (Wildman–Crippen MR) is 145 cm³/mol. The number of aryl methyl sites for hydroxylation is 3. The summed E-state index contributed by atoms with van der Waals surface area (Å²) in [7, 11) is 3.91. The molecule has 196 valence electrons. The normalized spacial score (nSPS) is 20.3. The molecule has 0 amide bonds. The third-order valence-electron chi connectivity index (χ3n) is 9.07. The molecule has 1 unspecified atom stereocenters. The van der Waals surface area contributed by atoms with Crippen LogP contribution in [0.2, 0.25) is 0 Å². The molecule has 0 spiro atoms. The molecule has 0 saturated carbocycles. The number of likely N-dealkylation sites (tertiary alicyclic amines) is 1. The predicted octanol–water partition coefficient (Wildman–Crippen LogP) is 5.47. The van der Waals surface area contributed by atoms with Gasteiger partial charge in [0.2, 0.25) is 0 Å². The summed E-state index contributed by atoms with van der Waals surface area (Å²) in [5, 5.41) is 0. The Kier molecular flexibility index (Phi) is 7.54. The summed E-state index contributed by atoms with van der Waals surface area (Å²) in [6.07, 6.45) is 10.9. The molecule has 3 aromatic rings. The van der Waals surface area contributed by atoms with E-state index in [2.05, 4.69) is 84.4 Å². The minimum absolute atomic E-state index is 0.0680. The average Bonchev–Trinajstić information content (AvgIpc) is 3.45. The Labute approximate surface area is 216 Å². The zero-order valence-electron chi connectivity index (χ0n) is 23.5. The highest BCUT2D eigenvalue weighted by atomic mass is 16.5. The Morgan fingerprint density at radius 1 is 1.14 bits per heavy atom. The minimum atomic E-state index is -0.101. The average molecular weight is 493 g/mol. The van der Waals surface area contributed by atoms with Gasteiger partial charge in [-0.2, -0.15) is 0 Å². The first-order chi connectivity index (χ1) is 17.0. The van der Waals surface area contributed by atoms with Gasteiger partial charge in [-0.15, -0.1) is 0 Å². The number of fused-ring (bicyclic) bond motifs is 1. The first kappa shape index (κ1) is 26.7. The molecule has 1 aliphatic heterocycles. The first-order valence-electron chi connectivity index (χ1n) is 13.3. The largest absolute Gasteiger partial charge is 0.379 e. The molecule has 1 saturated heterocycles. The van der Waals surface area contributed by atoms with Crippen LogP contribution in [0.25, 0.3) is 11.2 Å². The second kappa shape index (κ2) is 10.2. The number of aromatic nitrogens is 5. The summed E-state index contributed by atoms with van der Waals surface area (Å²) in [6, 6.07) is 4.37. The van der Waals surface area contributed by atoms with Crippen molar-refractivity contribution in [2.45, 2.75) is 84.8 Å². The summed E-state index contributed by atoms with van der Waals surface area (Å²) in [5.74, 6) is 1.66. The maximum absolute atomic E-state index is 5.76. The highest BCUT2D eigenvalue weighted by Crippen LogP contribution is 2.48. The highest BCUT2D eigenvalue weighted by Gasteiger charge is 2.46. The van der Waals surface area contributed by atoms with Crippen LogP contribution < -0.4 is 0 Å². The lowest BCUT2D eigenvalue weighted by Gasteiger charge is -2.41. The lowest BCUT2D eigenvalue weighted by Crippen LogP contribution is -2.43. The van der Waals surface area contributed by atoms with E-state index in [-0.39, 0.29) is 16.6 Å². The Balaban J connectivity index is 1.58. The van der Waals surface area contributed by atoms with Gasteiger partial charge in [0.1, 0.15) is 17.7 Å². The van der Waals surface area contributed by atoms with Crippen molar-refractivity contribution in [3.8, 4) is 0 Å². The van der Waals surface area contributed by atoms with Crippen LogP contribution in [0.3, 0.4) is 0 Å². The molecule has 0 aromatic carbocycles. The van der Waals surface area contributed by atoms with Gasteiger partial charge in [-0.1, -0.05) is 13.0 Å². The molecule has 7 heteroatoms. The number of hydrogen-bond acceptors (Lipinski definition) is 6. The van der Waals surface area contributed by atoms with E-state index in [0.717, 1.165) is 61.5 Å². The van der Waals surface area contributed by atoms with Crippen LogP contribution in [-0.2, 0) is 23.7 Å². The second-order valence-corrected chi connectivity index (χ2v) is 12.0. The Morgan fingerprint density at radius 2 is 1.92 bits per heavy atom. The van der Waals surface area contributed by atoms with E-state index < -0.39 is 0 Å². The van der Waals surface area contributed by atoms with Crippen molar-refractivity contribution in [3.63, 3.8) is 0 Å². The Hall–Kier alpha value is -2.38. The van der Waals surface area contributed by atoms with Crippen molar-refractivity contribution < 1.29 is 4.74 Å². The summed E-state index contributed by atoms with van der Waals surface area (Å²) < 4.78 is 7.92. The van der Waals surface area contributed by atoms with Crippen molar-refractivity contribution in [1.82, 2.24) is 29.4 Å². The molecular formula is C29H44N6O. The fraction of sp³-hybridized carbons (Fsp3) is 0.655. The molecule has 1 fully saturated rings. The van der Waals surface area contributed by atoms with E-state index in [0.29, 0.717) is 5.92 Å². The molecule has 4 heterocycles. The van der Waals surface area contributed by atoms with E-state index in [1.165, 1.54) is 12.0 Å². The molecule has 0 N–H and O–H groups in total. The summed E-state index contributed by atoms with van der Waals surface area (Å²) in [6.45, 7) is 15.8. The molecule has 2 atom stereocenters. The standard InChI is InChI=1S/C29H44N6O/c1-21(11-13-27(3,4)36-8)29(14-12-25-33-26-24(34(25)7)18-30-20-32-26)15-16-35(19-29)28(5,6)23-10-9-22(2)31-17-23/h9-10,17-18,20-21H,11-16,19H2,1-8H3/t21?,29-/m1/s1. The van der Waals surface area contributed by atoms with Gasteiger partial charge >= 0.3 is 0 Å². The van der Waals surface area contributed by atoms with E-state index in [1.54, 1.807) is 6.33 Å². The number of hydrogen-bond donors (Lipinski definition) is 0. The monoisotopic (exact) mass is 492 g/mol. The van der Waals surface area contributed by atoms with E-state index >= 15 is 0 Å². The molecule has 3 aromatic heterocycles. The Bertz CT molecular complexity index is 1170. The summed E-state index contributed by atoms with van der Waals surface area (Å²) in [4.78, 5) is 20.7. The van der Waals surface area contributed by atoms with Crippen LogP contribution in [-0.4, -0.2) is 55.2 Å². The molecule has 36 heavy (non-hydrogen) atoms. The third-order valence-corrected chi connectivity index (χ3v) is 9.07. The van der Waals surface area contributed by atoms with Crippen LogP contribution in [0.4, 0.5) is 0 Å². The van der Waals surface area contributed by atoms with Crippen LogP contribution >= 0.6 is 0 Å². The number of pyridine rings is 1. The SMILES string of the molecule is COC(C)(C)CCC(C)[C@]1(CCc2nc3ncncc3n2C)CCN(C(C)(C)c2ccc(C)nc2)C1. The Morgan fingerprint density at radius 3 is 2.58 bits per heavy atom. The molecular weight excluding hydrogens is 448 g/mol. The van der Waals surface area contributed by atoms with Gasteiger partial charge in [0, 0.05) is 44.6 Å². The molecule has 0 radical (unpaired) electrons. The lowest BCUT2D eigenvalue weighted by atomic mass is 9.69. The van der Waals surface area contributed by atoms with Gasteiger partial charge in [0.15, 0.2) is 5.65 Å². The number of nitrogens with zero attached hydrogens (tertiary/aromatic N) is 6. The highest BCUT2D eigenvalue weighted by molar-refractivity contribution is 5.69. The zero-order valence-corrected chi connectivity index (χ0v) is 23.5. The number of ether oxygens (including phenoxy) is 1. The van der Waals surface area contributed by atoms with Crippen molar-refractivity contribution in [3.05, 3.63) is 47.9 Å². The number of rotatable bonds is 10. The number of methoxy groups -OCH3 is 1. The van der Waals surface area contributed by atoms with Crippen LogP contribution in [0.5, 0.6) is 0 Å². The van der Waals surface area contributed by atoms with Gasteiger partial charge < -0.3 is 9.30 Å². The van der Waals surface area contributed by atoms with Gasteiger partial charge in [0.05, 0.1) is 11.8 Å². The van der Waals surface area contributed by atoms with Crippen molar-refractivity contribution in [2.75, 3.05) is 20.2 Å². The van der Waals surface area contributed by atoms with Crippen molar-refractivity contribution in [2.24, 2.45) is 18.4 Å². The third kappa shape index (κ3) is 5.32. The van der Waals surface area contributed by atoms with Gasteiger partial charge in [-0.25, -0.2) is 15.0 Å². The van der Waals surface area contributed by atoms with E-state index in [9.17, 15) is 0 Å². The van der Waals surface area contributed by atoms with E-state index in [1.807, 2.05) is 20.2 Å².